The van der Waals surface area contributed by atoms with Crippen LogP contribution in [0.1, 0.15) is 12.8 Å². The SMILES string of the molecule is O=CC1=C(Cl)C[C@@H]2CC12. The molecule has 0 saturated heterocycles. The minimum absolute atomic E-state index is 0.551. The minimum atomic E-state index is 0.551. The van der Waals surface area contributed by atoms with Crippen LogP contribution < -0.4 is 0 Å². The molecule has 1 fully saturated rings. The van der Waals surface area contributed by atoms with Crippen molar-refractivity contribution in [3.63, 3.8) is 0 Å². The number of hydrogen-bond acceptors (Lipinski definition) is 1. The summed E-state index contributed by atoms with van der Waals surface area (Å²) >= 11 is 5.75. The Bertz CT molecular complexity index is 195. The molecule has 0 aromatic heterocycles. The summed E-state index contributed by atoms with van der Waals surface area (Å²) in [6.45, 7) is 0. The molecule has 0 amide bonds. The van der Waals surface area contributed by atoms with E-state index >= 15 is 0 Å². The number of carbonyl (C=O) groups excluding carboxylic acids is 1. The molecule has 0 aromatic carbocycles. The lowest BCUT2D eigenvalue weighted by Gasteiger charge is -1.91. The van der Waals surface area contributed by atoms with Crippen molar-refractivity contribution in [1.29, 1.82) is 0 Å². The Balaban J connectivity index is 2.31. The summed E-state index contributed by atoms with van der Waals surface area (Å²) in [6.07, 6.45) is 3.07. The fourth-order valence-corrected chi connectivity index (χ4v) is 1.94. The van der Waals surface area contributed by atoms with E-state index in [9.17, 15) is 4.79 Å². The van der Waals surface area contributed by atoms with Crippen LogP contribution in [0.2, 0.25) is 0 Å². The average Bonchev–Trinajstić information content (AvgIpc) is 2.45. The lowest BCUT2D eigenvalue weighted by molar-refractivity contribution is -0.105. The van der Waals surface area contributed by atoms with Crippen LogP contribution in [0.5, 0.6) is 0 Å². The van der Waals surface area contributed by atoms with Crippen molar-refractivity contribution in [2.75, 3.05) is 0 Å². The highest BCUT2D eigenvalue weighted by atomic mass is 35.5. The van der Waals surface area contributed by atoms with Crippen LogP contribution in [0.3, 0.4) is 0 Å². The molecule has 1 unspecified atom stereocenters. The molecule has 0 bridgehead atoms. The summed E-state index contributed by atoms with van der Waals surface area (Å²) in [7, 11) is 0. The van der Waals surface area contributed by atoms with Crippen LogP contribution in [0.15, 0.2) is 10.6 Å². The van der Waals surface area contributed by atoms with Crippen LogP contribution in [-0.4, -0.2) is 6.29 Å². The molecule has 2 atom stereocenters. The Morgan fingerprint density at radius 2 is 2.44 bits per heavy atom. The molecule has 48 valence electrons. The first-order valence-corrected chi connectivity index (χ1v) is 3.54. The first-order valence-electron chi connectivity index (χ1n) is 3.16. The van der Waals surface area contributed by atoms with E-state index in [4.69, 9.17) is 11.6 Å². The Morgan fingerprint density at radius 1 is 1.67 bits per heavy atom. The van der Waals surface area contributed by atoms with Gasteiger partial charge in [-0.1, -0.05) is 11.6 Å². The van der Waals surface area contributed by atoms with Gasteiger partial charge in [-0.05, 0) is 24.7 Å². The third-order valence-corrected chi connectivity index (χ3v) is 2.58. The molecule has 0 radical (unpaired) electrons. The van der Waals surface area contributed by atoms with Gasteiger partial charge in [0.05, 0.1) is 0 Å². The fraction of sp³-hybridized carbons (Fsp3) is 0.571. The van der Waals surface area contributed by atoms with Gasteiger partial charge < -0.3 is 0 Å². The largest absolute Gasteiger partial charge is 0.298 e. The monoisotopic (exact) mass is 142 g/mol. The van der Waals surface area contributed by atoms with E-state index in [1.807, 2.05) is 0 Å². The molecule has 2 rings (SSSR count). The maximum absolute atomic E-state index is 10.3. The molecule has 1 nitrogen and oxygen atoms in total. The number of rotatable bonds is 1. The van der Waals surface area contributed by atoms with E-state index in [-0.39, 0.29) is 0 Å². The van der Waals surface area contributed by atoms with Gasteiger partial charge in [-0.25, -0.2) is 0 Å². The fourth-order valence-electron chi connectivity index (χ4n) is 1.55. The van der Waals surface area contributed by atoms with Crippen LogP contribution in [0.25, 0.3) is 0 Å². The standard InChI is InChI=1S/C7H7ClO/c8-7-2-4-1-5(4)6(7)3-9/h3-5H,1-2H2/t4-,5?/m0/s1. The van der Waals surface area contributed by atoms with Gasteiger partial charge in [-0.3, -0.25) is 4.79 Å². The highest BCUT2D eigenvalue weighted by molar-refractivity contribution is 6.31. The molecule has 2 heteroatoms. The molecule has 0 spiro atoms. The molecule has 2 aliphatic carbocycles. The van der Waals surface area contributed by atoms with Crippen LogP contribution in [0.4, 0.5) is 0 Å². The predicted octanol–water partition coefficient (Wildman–Crippen LogP) is 1.72. The molecule has 0 heterocycles. The highest BCUT2D eigenvalue weighted by Crippen LogP contribution is 2.55. The summed E-state index contributed by atoms with van der Waals surface area (Å²) in [4.78, 5) is 10.3. The van der Waals surface area contributed by atoms with Gasteiger partial charge in [0.15, 0.2) is 0 Å². The number of aldehydes is 1. The first kappa shape index (κ1) is 5.48. The van der Waals surface area contributed by atoms with Crippen LogP contribution in [-0.2, 0) is 4.79 Å². The van der Waals surface area contributed by atoms with E-state index in [0.717, 1.165) is 29.2 Å². The topological polar surface area (TPSA) is 17.1 Å². The van der Waals surface area contributed by atoms with Gasteiger partial charge in [0.1, 0.15) is 6.29 Å². The molecule has 0 aliphatic heterocycles. The normalized spacial score (nSPS) is 38.8. The highest BCUT2D eigenvalue weighted by Gasteiger charge is 2.46. The van der Waals surface area contributed by atoms with Crippen molar-refractivity contribution < 1.29 is 4.79 Å². The molecule has 1 saturated carbocycles. The van der Waals surface area contributed by atoms with Gasteiger partial charge in [-0.15, -0.1) is 0 Å². The number of halogens is 1. The summed E-state index contributed by atoms with van der Waals surface area (Å²) in [5.41, 5.74) is 0.877. The van der Waals surface area contributed by atoms with E-state index in [0.29, 0.717) is 5.92 Å². The van der Waals surface area contributed by atoms with Crippen molar-refractivity contribution in [2.45, 2.75) is 12.8 Å². The molecular weight excluding hydrogens is 136 g/mol. The summed E-state index contributed by atoms with van der Waals surface area (Å²) in [6, 6.07) is 0. The molecular formula is C7H7ClO. The Hall–Kier alpha value is -0.300. The smallest absolute Gasteiger partial charge is 0.147 e. The minimum Gasteiger partial charge on any atom is -0.298 e. The number of hydrogen-bond donors (Lipinski definition) is 0. The number of fused-ring (bicyclic) bond motifs is 1. The second-order valence-corrected chi connectivity index (χ2v) is 3.24. The van der Waals surface area contributed by atoms with Crippen LogP contribution in [0, 0.1) is 11.8 Å². The van der Waals surface area contributed by atoms with Gasteiger partial charge >= 0.3 is 0 Å². The average molecular weight is 143 g/mol. The van der Waals surface area contributed by atoms with E-state index in [2.05, 4.69) is 0 Å². The van der Waals surface area contributed by atoms with E-state index < -0.39 is 0 Å². The second-order valence-electron chi connectivity index (χ2n) is 2.78. The lowest BCUT2D eigenvalue weighted by atomic mass is 10.2. The molecule has 2 aliphatic rings. The predicted molar refractivity (Wildman–Crippen MR) is 35.2 cm³/mol. The summed E-state index contributed by atoms with van der Waals surface area (Å²) in [5, 5.41) is 0.811. The first-order chi connectivity index (χ1) is 4.33. The van der Waals surface area contributed by atoms with Crippen molar-refractivity contribution >= 4 is 17.9 Å². The number of carbonyl (C=O) groups is 1. The zero-order valence-electron chi connectivity index (χ0n) is 4.93. The Morgan fingerprint density at radius 3 is 2.78 bits per heavy atom. The third-order valence-electron chi connectivity index (χ3n) is 2.20. The zero-order chi connectivity index (χ0) is 6.43. The number of allylic oxidation sites excluding steroid dienone is 2. The quantitative estimate of drug-likeness (QED) is 0.510. The van der Waals surface area contributed by atoms with Gasteiger partial charge in [0.2, 0.25) is 0 Å². The molecule has 0 aromatic rings. The van der Waals surface area contributed by atoms with Crippen molar-refractivity contribution in [2.24, 2.45) is 11.8 Å². The van der Waals surface area contributed by atoms with Crippen molar-refractivity contribution in [1.82, 2.24) is 0 Å². The van der Waals surface area contributed by atoms with Crippen LogP contribution >= 0.6 is 11.6 Å². The summed E-state index contributed by atoms with van der Waals surface area (Å²) in [5.74, 6) is 1.28. The molecule has 0 N–H and O–H groups in total. The molecule has 9 heavy (non-hydrogen) atoms. The Kier molecular flexibility index (Phi) is 0.974. The van der Waals surface area contributed by atoms with E-state index in [1.54, 1.807) is 0 Å². The van der Waals surface area contributed by atoms with E-state index in [1.165, 1.54) is 6.42 Å². The zero-order valence-corrected chi connectivity index (χ0v) is 5.69. The maximum atomic E-state index is 10.3. The van der Waals surface area contributed by atoms with Gasteiger partial charge in [0, 0.05) is 10.6 Å². The van der Waals surface area contributed by atoms with Crippen molar-refractivity contribution in [3.8, 4) is 0 Å². The third kappa shape index (κ3) is 0.645. The van der Waals surface area contributed by atoms with Crippen molar-refractivity contribution in [3.05, 3.63) is 10.6 Å². The lowest BCUT2D eigenvalue weighted by Crippen LogP contribution is -1.84. The van der Waals surface area contributed by atoms with Gasteiger partial charge in [0.25, 0.3) is 0 Å². The maximum Gasteiger partial charge on any atom is 0.147 e. The second kappa shape index (κ2) is 1.60. The Labute approximate surface area is 58.7 Å². The van der Waals surface area contributed by atoms with Gasteiger partial charge in [-0.2, -0.15) is 0 Å². The summed E-state index contributed by atoms with van der Waals surface area (Å²) < 4.78 is 0.